The van der Waals surface area contributed by atoms with E-state index in [1.807, 2.05) is 13.8 Å². The van der Waals surface area contributed by atoms with Crippen molar-refractivity contribution in [1.82, 2.24) is 5.32 Å². The molecule has 0 aromatic heterocycles. The van der Waals surface area contributed by atoms with Crippen molar-refractivity contribution in [1.29, 1.82) is 0 Å². The van der Waals surface area contributed by atoms with Gasteiger partial charge in [0.2, 0.25) is 5.91 Å². The van der Waals surface area contributed by atoms with Crippen LogP contribution in [0.15, 0.2) is 0 Å². The summed E-state index contributed by atoms with van der Waals surface area (Å²) in [6, 6.07) is 0. The second-order valence-corrected chi connectivity index (χ2v) is 4.49. The molecule has 1 amide bonds. The lowest BCUT2D eigenvalue weighted by Crippen LogP contribution is -2.32. The van der Waals surface area contributed by atoms with E-state index in [4.69, 9.17) is 5.11 Å². The van der Waals surface area contributed by atoms with E-state index in [9.17, 15) is 9.59 Å². The van der Waals surface area contributed by atoms with Crippen molar-refractivity contribution in [2.75, 3.05) is 5.75 Å². The Morgan fingerprint density at radius 1 is 1.33 bits per heavy atom. The van der Waals surface area contributed by atoms with E-state index in [0.29, 0.717) is 6.42 Å². The van der Waals surface area contributed by atoms with Gasteiger partial charge in [0.15, 0.2) is 0 Å². The molecule has 0 radical (unpaired) electrons. The molecule has 0 aliphatic carbocycles. The van der Waals surface area contributed by atoms with Crippen molar-refractivity contribution in [2.24, 2.45) is 0 Å². The van der Waals surface area contributed by atoms with Crippen molar-refractivity contribution >= 4 is 23.6 Å². The first-order valence-electron chi connectivity index (χ1n) is 5.22. The van der Waals surface area contributed by atoms with E-state index in [1.54, 1.807) is 0 Å². The lowest BCUT2D eigenvalue weighted by Gasteiger charge is -2.16. The summed E-state index contributed by atoms with van der Waals surface area (Å²) < 4.78 is 0. The zero-order chi connectivity index (χ0) is 11.7. The monoisotopic (exact) mass is 233 g/mol. The Labute approximate surface area is 94.8 Å². The standard InChI is InChI=1S/C10H19NO3S/c1-3-5-8(12)11-9(6-4-2)15-7-10(13)14/h9H,3-7H2,1-2H3,(H,11,12)(H,13,14). The van der Waals surface area contributed by atoms with E-state index in [1.165, 1.54) is 11.8 Å². The average molecular weight is 233 g/mol. The van der Waals surface area contributed by atoms with Gasteiger partial charge in [0, 0.05) is 6.42 Å². The molecule has 1 atom stereocenters. The number of amides is 1. The number of carbonyl (C=O) groups excluding carboxylic acids is 1. The van der Waals surface area contributed by atoms with Crippen LogP contribution in [0.5, 0.6) is 0 Å². The molecular formula is C10H19NO3S. The molecule has 88 valence electrons. The fourth-order valence-electron chi connectivity index (χ4n) is 1.11. The molecule has 0 aliphatic rings. The number of hydrogen-bond donors (Lipinski definition) is 2. The molecule has 5 heteroatoms. The fourth-order valence-corrected chi connectivity index (χ4v) is 2.07. The molecule has 4 nitrogen and oxygen atoms in total. The topological polar surface area (TPSA) is 66.4 Å². The average Bonchev–Trinajstić information content (AvgIpc) is 2.15. The first kappa shape index (κ1) is 14.3. The molecule has 0 bridgehead atoms. The van der Waals surface area contributed by atoms with E-state index < -0.39 is 5.97 Å². The Bertz CT molecular complexity index is 209. The first-order chi connectivity index (χ1) is 7.10. The smallest absolute Gasteiger partial charge is 0.313 e. The summed E-state index contributed by atoms with van der Waals surface area (Å²) in [6.45, 7) is 3.96. The van der Waals surface area contributed by atoms with Crippen LogP contribution in [-0.4, -0.2) is 28.1 Å². The highest BCUT2D eigenvalue weighted by molar-refractivity contribution is 8.00. The van der Waals surface area contributed by atoms with E-state index in [2.05, 4.69) is 5.32 Å². The molecular weight excluding hydrogens is 214 g/mol. The number of rotatable bonds is 8. The molecule has 0 rings (SSSR count). The van der Waals surface area contributed by atoms with Crippen molar-refractivity contribution in [3.63, 3.8) is 0 Å². The summed E-state index contributed by atoms with van der Waals surface area (Å²) in [5, 5.41) is 11.3. The first-order valence-corrected chi connectivity index (χ1v) is 6.27. The molecule has 0 saturated carbocycles. The lowest BCUT2D eigenvalue weighted by molar-refractivity contribution is -0.134. The van der Waals surface area contributed by atoms with Crippen LogP contribution in [0.1, 0.15) is 39.5 Å². The highest BCUT2D eigenvalue weighted by Crippen LogP contribution is 2.13. The molecule has 1 unspecified atom stereocenters. The van der Waals surface area contributed by atoms with Crippen molar-refractivity contribution in [3.8, 4) is 0 Å². The van der Waals surface area contributed by atoms with Crippen molar-refractivity contribution < 1.29 is 14.7 Å². The molecule has 2 N–H and O–H groups in total. The van der Waals surface area contributed by atoms with E-state index in [0.717, 1.165) is 19.3 Å². The lowest BCUT2D eigenvalue weighted by atomic mass is 10.3. The van der Waals surface area contributed by atoms with Gasteiger partial charge in [-0.05, 0) is 12.8 Å². The van der Waals surface area contributed by atoms with Crippen LogP contribution in [0.4, 0.5) is 0 Å². The quantitative estimate of drug-likeness (QED) is 0.628. The maximum atomic E-state index is 11.3. The highest BCUT2D eigenvalue weighted by Gasteiger charge is 2.12. The summed E-state index contributed by atoms with van der Waals surface area (Å²) >= 11 is 1.28. The van der Waals surface area contributed by atoms with Crippen LogP contribution in [-0.2, 0) is 9.59 Å². The van der Waals surface area contributed by atoms with Crippen LogP contribution in [0.25, 0.3) is 0 Å². The second kappa shape index (κ2) is 8.59. The molecule has 0 saturated heterocycles. The van der Waals surface area contributed by atoms with Gasteiger partial charge in [0.1, 0.15) is 0 Å². The molecule has 0 aromatic carbocycles. The third kappa shape index (κ3) is 8.30. The van der Waals surface area contributed by atoms with E-state index in [-0.39, 0.29) is 17.0 Å². The third-order valence-electron chi connectivity index (χ3n) is 1.76. The van der Waals surface area contributed by atoms with Crippen molar-refractivity contribution in [3.05, 3.63) is 0 Å². The number of carboxylic acid groups (broad SMARTS) is 1. The molecule has 0 heterocycles. The largest absolute Gasteiger partial charge is 0.481 e. The Balaban J connectivity index is 3.91. The molecule has 0 spiro atoms. The minimum Gasteiger partial charge on any atom is -0.481 e. The van der Waals surface area contributed by atoms with Crippen LogP contribution in [0, 0.1) is 0 Å². The normalized spacial score (nSPS) is 12.1. The van der Waals surface area contributed by atoms with Gasteiger partial charge < -0.3 is 10.4 Å². The summed E-state index contributed by atoms with van der Waals surface area (Å²) in [5.74, 6) is -0.795. The van der Waals surface area contributed by atoms with E-state index >= 15 is 0 Å². The number of aliphatic carboxylic acids is 1. The summed E-state index contributed by atoms with van der Waals surface area (Å²) in [4.78, 5) is 21.7. The predicted octanol–water partition coefficient (Wildman–Crippen LogP) is 1.85. The van der Waals surface area contributed by atoms with Gasteiger partial charge in [-0.2, -0.15) is 0 Å². The molecule has 0 fully saturated rings. The number of thioether (sulfide) groups is 1. The second-order valence-electron chi connectivity index (χ2n) is 3.30. The number of carboxylic acids is 1. The maximum Gasteiger partial charge on any atom is 0.313 e. The van der Waals surface area contributed by atoms with Gasteiger partial charge in [-0.25, -0.2) is 0 Å². The van der Waals surface area contributed by atoms with Crippen molar-refractivity contribution in [2.45, 2.75) is 44.9 Å². The van der Waals surface area contributed by atoms with Crippen LogP contribution in [0.3, 0.4) is 0 Å². The zero-order valence-corrected chi connectivity index (χ0v) is 10.1. The third-order valence-corrected chi connectivity index (χ3v) is 2.93. The van der Waals surface area contributed by atoms with Gasteiger partial charge in [-0.15, -0.1) is 11.8 Å². The fraction of sp³-hybridized carbons (Fsp3) is 0.800. The minimum absolute atomic E-state index is 0.00818. The predicted molar refractivity (Wildman–Crippen MR) is 61.8 cm³/mol. The minimum atomic E-state index is -0.842. The summed E-state index contributed by atoms with van der Waals surface area (Å²) in [5.41, 5.74) is 0. The Hall–Kier alpha value is -0.710. The van der Waals surface area contributed by atoms with Gasteiger partial charge in [-0.3, -0.25) is 9.59 Å². The highest BCUT2D eigenvalue weighted by atomic mass is 32.2. The number of nitrogens with one attached hydrogen (secondary N) is 1. The molecule has 0 aliphatic heterocycles. The molecule has 0 aromatic rings. The number of carbonyl (C=O) groups is 2. The van der Waals surface area contributed by atoms with Crippen LogP contribution in [0.2, 0.25) is 0 Å². The number of hydrogen-bond acceptors (Lipinski definition) is 3. The van der Waals surface area contributed by atoms with Gasteiger partial charge in [0.05, 0.1) is 11.1 Å². The van der Waals surface area contributed by atoms with Gasteiger partial charge in [0.25, 0.3) is 0 Å². The summed E-state index contributed by atoms with van der Waals surface area (Å²) in [6.07, 6.45) is 3.07. The maximum absolute atomic E-state index is 11.3. The molecule has 15 heavy (non-hydrogen) atoms. The zero-order valence-electron chi connectivity index (χ0n) is 9.28. The van der Waals surface area contributed by atoms with Crippen LogP contribution >= 0.6 is 11.8 Å². The van der Waals surface area contributed by atoms with Crippen LogP contribution < -0.4 is 5.32 Å². The SMILES string of the molecule is CCCC(=O)NC(CCC)SCC(=O)O. The Kier molecular flexibility index (Phi) is 8.18. The summed E-state index contributed by atoms with van der Waals surface area (Å²) in [7, 11) is 0. The van der Waals surface area contributed by atoms with Gasteiger partial charge in [-0.1, -0.05) is 20.3 Å². The Morgan fingerprint density at radius 2 is 2.00 bits per heavy atom. The Morgan fingerprint density at radius 3 is 2.47 bits per heavy atom. The van der Waals surface area contributed by atoms with Gasteiger partial charge >= 0.3 is 5.97 Å².